The molecule has 0 aromatic heterocycles. The Kier molecular flexibility index (Phi) is 4.34. The summed E-state index contributed by atoms with van der Waals surface area (Å²) < 4.78 is 50.4. The summed E-state index contributed by atoms with van der Waals surface area (Å²) >= 11 is 5.37. The predicted octanol–water partition coefficient (Wildman–Crippen LogP) is 3.33. The summed E-state index contributed by atoms with van der Waals surface area (Å²) in [4.78, 5) is 11.4. The number of carbonyl (C=O) groups is 1. The molecule has 1 rings (SSSR count). The summed E-state index contributed by atoms with van der Waals surface area (Å²) in [5.41, 5.74) is -1.79. The maximum absolute atomic E-state index is 13.2. The smallest absolute Gasteiger partial charge is 0.347 e. The van der Waals surface area contributed by atoms with Gasteiger partial charge in [-0.3, -0.25) is 4.79 Å². The van der Waals surface area contributed by atoms with E-state index in [0.29, 0.717) is 18.2 Å². The van der Waals surface area contributed by atoms with Crippen LogP contribution in [-0.4, -0.2) is 12.5 Å². The van der Waals surface area contributed by atoms with Gasteiger partial charge in [0.25, 0.3) is 5.91 Å². The molecule has 0 unspecified atom stereocenters. The number of benzene rings is 1. The summed E-state index contributed by atoms with van der Waals surface area (Å²) in [5, 5.41) is 2.22. The Hall–Kier alpha value is -1.56. The quantitative estimate of drug-likeness (QED) is 0.846. The Bertz CT molecular complexity index is 484. The first-order valence-corrected chi connectivity index (χ1v) is 5.08. The molecule has 1 aromatic carbocycles. The Labute approximate surface area is 105 Å². The summed E-state index contributed by atoms with van der Waals surface area (Å²) in [6.45, 7) is 3.12. The number of carbonyl (C=O) groups excluding carboxylic acids is 1. The minimum Gasteiger partial charge on any atom is -0.347 e. The molecule has 2 nitrogen and oxygen atoms in total. The molecule has 0 saturated carbocycles. The van der Waals surface area contributed by atoms with Crippen LogP contribution in [-0.2, 0) is 6.18 Å². The highest BCUT2D eigenvalue weighted by Crippen LogP contribution is 2.30. The number of amides is 1. The molecule has 0 aliphatic heterocycles. The molecule has 0 atom stereocenters. The van der Waals surface area contributed by atoms with Gasteiger partial charge in [0.05, 0.1) is 17.7 Å². The molecule has 0 fully saturated rings. The van der Waals surface area contributed by atoms with Crippen LogP contribution in [0.25, 0.3) is 0 Å². The Morgan fingerprint density at radius 1 is 1.39 bits per heavy atom. The molecular formula is C11H8ClF4NO. The second kappa shape index (κ2) is 5.39. The molecule has 1 aromatic rings. The van der Waals surface area contributed by atoms with Gasteiger partial charge in [0.15, 0.2) is 0 Å². The average Bonchev–Trinajstić information content (AvgIpc) is 2.24. The second-order valence-corrected chi connectivity index (χ2v) is 3.93. The first-order chi connectivity index (χ1) is 8.21. The molecule has 0 bridgehead atoms. The third-order valence-corrected chi connectivity index (χ3v) is 2.11. The van der Waals surface area contributed by atoms with Crippen molar-refractivity contribution in [3.8, 4) is 0 Å². The van der Waals surface area contributed by atoms with Gasteiger partial charge in [-0.15, -0.1) is 0 Å². The van der Waals surface area contributed by atoms with Gasteiger partial charge in [0.1, 0.15) is 5.82 Å². The van der Waals surface area contributed by atoms with E-state index in [4.69, 9.17) is 11.6 Å². The van der Waals surface area contributed by atoms with E-state index in [1.807, 2.05) is 0 Å². The maximum atomic E-state index is 13.2. The zero-order valence-corrected chi connectivity index (χ0v) is 9.70. The largest absolute Gasteiger partial charge is 0.416 e. The lowest BCUT2D eigenvalue weighted by Gasteiger charge is -2.10. The standard InChI is InChI=1S/C11H8ClF4NO/c1-6(12)5-17-10(18)8-4-7(11(14,15)16)2-3-9(8)13/h2-4H,1,5H2,(H,17,18). The van der Waals surface area contributed by atoms with Crippen LogP contribution < -0.4 is 5.32 Å². The second-order valence-electron chi connectivity index (χ2n) is 3.39. The van der Waals surface area contributed by atoms with Crippen LogP contribution in [0.2, 0.25) is 0 Å². The van der Waals surface area contributed by atoms with Gasteiger partial charge >= 0.3 is 6.18 Å². The summed E-state index contributed by atoms with van der Waals surface area (Å²) in [5.74, 6) is -2.03. The molecule has 0 aliphatic carbocycles. The van der Waals surface area contributed by atoms with Crippen LogP contribution in [0.1, 0.15) is 15.9 Å². The van der Waals surface area contributed by atoms with Crippen LogP contribution in [0.4, 0.5) is 17.6 Å². The summed E-state index contributed by atoms with van der Waals surface area (Å²) in [6.07, 6.45) is -4.64. The molecule has 7 heteroatoms. The van der Waals surface area contributed by atoms with Gasteiger partial charge in [-0.2, -0.15) is 13.2 Å². The SMILES string of the molecule is C=C(Cl)CNC(=O)c1cc(C(F)(F)F)ccc1F. The van der Waals surface area contributed by atoms with E-state index in [1.54, 1.807) is 0 Å². The van der Waals surface area contributed by atoms with Crippen molar-refractivity contribution in [1.82, 2.24) is 5.32 Å². The molecule has 0 aliphatic rings. The van der Waals surface area contributed by atoms with Gasteiger partial charge in [-0.1, -0.05) is 18.2 Å². The molecule has 0 radical (unpaired) electrons. The first kappa shape index (κ1) is 14.5. The van der Waals surface area contributed by atoms with Crippen molar-refractivity contribution in [1.29, 1.82) is 0 Å². The molecule has 1 N–H and O–H groups in total. The molecule has 0 saturated heterocycles. The van der Waals surface area contributed by atoms with E-state index in [9.17, 15) is 22.4 Å². The van der Waals surface area contributed by atoms with Gasteiger partial charge in [0, 0.05) is 5.03 Å². The summed E-state index contributed by atoms with van der Waals surface area (Å²) in [7, 11) is 0. The van der Waals surface area contributed by atoms with Gasteiger partial charge in [-0.05, 0) is 18.2 Å². The third-order valence-electron chi connectivity index (χ3n) is 1.98. The van der Waals surface area contributed by atoms with Crippen molar-refractivity contribution in [3.05, 3.63) is 46.8 Å². The molecule has 0 spiro atoms. The highest BCUT2D eigenvalue weighted by atomic mass is 35.5. The van der Waals surface area contributed by atoms with Crippen molar-refractivity contribution in [2.24, 2.45) is 0 Å². The van der Waals surface area contributed by atoms with Gasteiger partial charge < -0.3 is 5.32 Å². The topological polar surface area (TPSA) is 29.1 Å². The Morgan fingerprint density at radius 3 is 2.50 bits per heavy atom. The molecule has 1 amide bonds. The monoisotopic (exact) mass is 281 g/mol. The van der Waals surface area contributed by atoms with E-state index in [-0.39, 0.29) is 11.6 Å². The molecule has 0 heterocycles. The van der Waals surface area contributed by atoms with Gasteiger partial charge in [0.2, 0.25) is 0 Å². The van der Waals surface area contributed by atoms with Crippen LogP contribution in [0.5, 0.6) is 0 Å². The molecule has 18 heavy (non-hydrogen) atoms. The van der Waals surface area contributed by atoms with E-state index in [2.05, 4.69) is 11.9 Å². The van der Waals surface area contributed by atoms with Crippen LogP contribution in [0.15, 0.2) is 29.8 Å². The first-order valence-electron chi connectivity index (χ1n) is 4.70. The van der Waals surface area contributed by atoms with Gasteiger partial charge in [-0.25, -0.2) is 4.39 Å². The van der Waals surface area contributed by atoms with Crippen molar-refractivity contribution in [2.75, 3.05) is 6.54 Å². The van der Waals surface area contributed by atoms with Crippen molar-refractivity contribution < 1.29 is 22.4 Å². The highest BCUT2D eigenvalue weighted by Gasteiger charge is 2.31. The number of hydrogen-bond donors (Lipinski definition) is 1. The zero-order chi connectivity index (χ0) is 13.9. The fourth-order valence-corrected chi connectivity index (χ4v) is 1.21. The highest BCUT2D eigenvalue weighted by molar-refractivity contribution is 6.29. The van der Waals surface area contributed by atoms with E-state index in [0.717, 1.165) is 0 Å². The number of hydrogen-bond acceptors (Lipinski definition) is 1. The van der Waals surface area contributed by atoms with Crippen LogP contribution in [0.3, 0.4) is 0 Å². The number of alkyl halides is 3. The fourth-order valence-electron chi connectivity index (χ4n) is 1.15. The minimum atomic E-state index is -4.64. The normalized spacial score (nSPS) is 11.2. The fraction of sp³-hybridized carbons (Fsp3) is 0.182. The Morgan fingerprint density at radius 2 is 2.00 bits per heavy atom. The zero-order valence-electron chi connectivity index (χ0n) is 8.94. The van der Waals surface area contributed by atoms with Crippen molar-refractivity contribution >= 4 is 17.5 Å². The van der Waals surface area contributed by atoms with Crippen molar-refractivity contribution in [2.45, 2.75) is 6.18 Å². The Balaban J connectivity index is 3.01. The molecular weight excluding hydrogens is 274 g/mol. The molecule has 98 valence electrons. The van der Waals surface area contributed by atoms with E-state index < -0.39 is 29.0 Å². The van der Waals surface area contributed by atoms with Crippen molar-refractivity contribution in [3.63, 3.8) is 0 Å². The number of nitrogens with one attached hydrogen (secondary N) is 1. The van der Waals surface area contributed by atoms with E-state index in [1.165, 1.54) is 0 Å². The lowest BCUT2D eigenvalue weighted by atomic mass is 10.1. The number of halogens is 5. The minimum absolute atomic E-state index is 0.0794. The van der Waals surface area contributed by atoms with Crippen LogP contribution >= 0.6 is 11.6 Å². The van der Waals surface area contributed by atoms with E-state index >= 15 is 0 Å². The lowest BCUT2D eigenvalue weighted by molar-refractivity contribution is -0.137. The average molecular weight is 282 g/mol. The maximum Gasteiger partial charge on any atom is 0.416 e. The third kappa shape index (κ3) is 3.73. The lowest BCUT2D eigenvalue weighted by Crippen LogP contribution is -2.26. The number of rotatable bonds is 3. The summed E-state index contributed by atoms with van der Waals surface area (Å²) in [6, 6.07) is 1.60. The predicted molar refractivity (Wildman–Crippen MR) is 58.7 cm³/mol. The van der Waals surface area contributed by atoms with Crippen LogP contribution in [0, 0.1) is 5.82 Å².